The van der Waals surface area contributed by atoms with Gasteiger partial charge >= 0.3 is 6.09 Å². The Kier molecular flexibility index (Phi) is 5.86. The van der Waals surface area contributed by atoms with Crippen LogP contribution in [0.2, 0.25) is 0 Å². The van der Waals surface area contributed by atoms with Crippen LogP contribution in [0.5, 0.6) is 0 Å². The average molecular weight is 408 g/mol. The summed E-state index contributed by atoms with van der Waals surface area (Å²) in [7, 11) is 0. The van der Waals surface area contributed by atoms with Gasteiger partial charge in [-0.25, -0.2) is 9.78 Å². The molecule has 0 bridgehead atoms. The molecule has 2 aromatic heterocycles. The van der Waals surface area contributed by atoms with Crippen molar-refractivity contribution in [3.05, 3.63) is 22.4 Å². The number of ether oxygens (including phenoxy) is 1. The Hall–Kier alpha value is -1.93. The van der Waals surface area contributed by atoms with Crippen molar-refractivity contribution in [2.75, 3.05) is 18.4 Å². The SMILES string of the molecule is Cc1ccc(-c2csc(NC(=O)C3CCN(C(=O)OC(C)(C)C)CC3)n2)s1. The lowest BCUT2D eigenvalue weighted by atomic mass is 9.96. The largest absolute Gasteiger partial charge is 0.444 e. The Bertz CT molecular complexity index is 814. The van der Waals surface area contributed by atoms with Crippen LogP contribution >= 0.6 is 22.7 Å². The van der Waals surface area contributed by atoms with E-state index in [9.17, 15) is 9.59 Å². The van der Waals surface area contributed by atoms with Crippen LogP contribution < -0.4 is 5.32 Å². The van der Waals surface area contributed by atoms with Crippen molar-refractivity contribution in [1.82, 2.24) is 9.88 Å². The number of rotatable bonds is 3. The van der Waals surface area contributed by atoms with Crippen LogP contribution in [0.3, 0.4) is 0 Å². The first-order valence-corrected chi connectivity index (χ1v) is 10.7. The fraction of sp³-hybridized carbons (Fsp3) is 0.526. The van der Waals surface area contributed by atoms with Crippen molar-refractivity contribution in [1.29, 1.82) is 0 Å². The molecule has 3 heterocycles. The van der Waals surface area contributed by atoms with Crippen molar-refractivity contribution in [3.63, 3.8) is 0 Å². The van der Waals surface area contributed by atoms with Crippen molar-refractivity contribution in [3.8, 4) is 10.6 Å². The number of hydrogen-bond acceptors (Lipinski definition) is 6. The summed E-state index contributed by atoms with van der Waals surface area (Å²) in [6.07, 6.45) is 0.957. The number of thiazole rings is 1. The zero-order valence-electron chi connectivity index (χ0n) is 16.1. The standard InChI is InChI=1S/C19H25N3O3S2/c1-12-5-6-15(27-12)14-11-26-17(20-14)21-16(23)13-7-9-22(10-8-13)18(24)25-19(2,3)4/h5-6,11,13H,7-10H2,1-4H3,(H,20,21,23). The Morgan fingerprint density at radius 2 is 1.96 bits per heavy atom. The van der Waals surface area contributed by atoms with Gasteiger partial charge in [-0.3, -0.25) is 4.79 Å². The second-order valence-corrected chi connectivity index (χ2v) is 9.83. The highest BCUT2D eigenvalue weighted by molar-refractivity contribution is 7.17. The van der Waals surface area contributed by atoms with E-state index in [4.69, 9.17) is 4.74 Å². The number of anilines is 1. The normalized spacial score (nSPS) is 15.6. The van der Waals surface area contributed by atoms with Crippen LogP contribution in [0.25, 0.3) is 10.6 Å². The summed E-state index contributed by atoms with van der Waals surface area (Å²) in [5.41, 5.74) is 0.391. The molecule has 146 valence electrons. The van der Waals surface area contributed by atoms with Crippen molar-refractivity contribution >= 4 is 39.8 Å². The van der Waals surface area contributed by atoms with E-state index in [1.54, 1.807) is 16.2 Å². The summed E-state index contributed by atoms with van der Waals surface area (Å²) in [4.78, 5) is 33.2. The summed E-state index contributed by atoms with van der Waals surface area (Å²) < 4.78 is 5.39. The molecule has 0 spiro atoms. The Morgan fingerprint density at radius 3 is 2.56 bits per heavy atom. The Morgan fingerprint density at radius 1 is 1.26 bits per heavy atom. The molecular formula is C19H25N3O3S2. The smallest absolute Gasteiger partial charge is 0.410 e. The van der Waals surface area contributed by atoms with Gasteiger partial charge in [0.05, 0.1) is 10.6 Å². The van der Waals surface area contributed by atoms with Crippen LogP contribution in [0.1, 0.15) is 38.5 Å². The van der Waals surface area contributed by atoms with Crippen molar-refractivity contribution in [2.45, 2.75) is 46.1 Å². The van der Waals surface area contributed by atoms with Gasteiger partial charge in [0, 0.05) is 29.3 Å². The molecule has 0 saturated carbocycles. The zero-order valence-corrected chi connectivity index (χ0v) is 17.7. The lowest BCUT2D eigenvalue weighted by molar-refractivity contribution is -0.121. The number of nitrogens with one attached hydrogen (secondary N) is 1. The summed E-state index contributed by atoms with van der Waals surface area (Å²) in [6.45, 7) is 8.68. The predicted octanol–water partition coefficient (Wildman–Crippen LogP) is 4.77. The Labute approximate surface area is 167 Å². The second kappa shape index (κ2) is 7.98. The maximum atomic E-state index is 12.5. The minimum atomic E-state index is -0.505. The van der Waals surface area contributed by atoms with E-state index in [1.807, 2.05) is 32.2 Å². The molecule has 1 aliphatic rings. The zero-order chi connectivity index (χ0) is 19.6. The highest BCUT2D eigenvalue weighted by atomic mass is 32.1. The quantitative estimate of drug-likeness (QED) is 0.796. The lowest BCUT2D eigenvalue weighted by Gasteiger charge is -2.32. The third kappa shape index (κ3) is 5.29. The van der Waals surface area contributed by atoms with E-state index < -0.39 is 5.60 Å². The maximum Gasteiger partial charge on any atom is 0.410 e. The molecule has 2 amide bonds. The van der Waals surface area contributed by atoms with E-state index >= 15 is 0 Å². The molecule has 0 aliphatic carbocycles. The number of likely N-dealkylation sites (tertiary alicyclic amines) is 1. The average Bonchev–Trinajstić information content (AvgIpc) is 3.22. The van der Waals surface area contributed by atoms with Gasteiger partial charge in [-0.05, 0) is 52.7 Å². The van der Waals surface area contributed by atoms with Crippen LogP contribution in [0.15, 0.2) is 17.5 Å². The van der Waals surface area contributed by atoms with Gasteiger partial charge in [0.25, 0.3) is 0 Å². The number of piperidine rings is 1. The molecule has 0 atom stereocenters. The number of aryl methyl sites for hydroxylation is 1. The maximum absolute atomic E-state index is 12.5. The van der Waals surface area contributed by atoms with E-state index in [-0.39, 0.29) is 17.9 Å². The lowest BCUT2D eigenvalue weighted by Crippen LogP contribution is -2.43. The molecule has 3 rings (SSSR count). The third-order valence-corrected chi connectivity index (χ3v) is 6.03. The number of carbonyl (C=O) groups excluding carboxylic acids is 2. The fourth-order valence-corrected chi connectivity index (χ4v) is 4.49. The molecule has 0 unspecified atom stereocenters. The molecule has 0 aromatic carbocycles. The molecule has 27 heavy (non-hydrogen) atoms. The van der Waals surface area contributed by atoms with E-state index in [0.29, 0.717) is 31.1 Å². The predicted molar refractivity (Wildman–Crippen MR) is 109 cm³/mol. The van der Waals surface area contributed by atoms with Gasteiger partial charge in [-0.2, -0.15) is 0 Å². The van der Waals surface area contributed by atoms with Gasteiger partial charge in [0.15, 0.2) is 5.13 Å². The van der Waals surface area contributed by atoms with E-state index in [1.165, 1.54) is 16.2 Å². The van der Waals surface area contributed by atoms with Gasteiger partial charge in [-0.1, -0.05) is 0 Å². The molecule has 2 aromatic rings. The molecule has 0 radical (unpaired) electrons. The first-order valence-electron chi connectivity index (χ1n) is 9.02. The van der Waals surface area contributed by atoms with Crippen LogP contribution in [-0.4, -0.2) is 40.6 Å². The van der Waals surface area contributed by atoms with E-state index in [2.05, 4.69) is 23.3 Å². The minimum Gasteiger partial charge on any atom is -0.444 e. The second-order valence-electron chi connectivity index (χ2n) is 7.68. The van der Waals surface area contributed by atoms with Gasteiger partial charge in [-0.15, -0.1) is 22.7 Å². The highest BCUT2D eigenvalue weighted by Crippen LogP contribution is 2.31. The molecule has 1 saturated heterocycles. The summed E-state index contributed by atoms with van der Waals surface area (Å²) >= 11 is 3.13. The summed E-state index contributed by atoms with van der Waals surface area (Å²) in [5, 5.41) is 5.51. The van der Waals surface area contributed by atoms with Gasteiger partial charge < -0.3 is 15.0 Å². The van der Waals surface area contributed by atoms with Gasteiger partial charge in [0.2, 0.25) is 5.91 Å². The topological polar surface area (TPSA) is 71.5 Å². The molecule has 1 fully saturated rings. The van der Waals surface area contributed by atoms with Crippen molar-refractivity contribution in [2.24, 2.45) is 5.92 Å². The number of thiophene rings is 1. The fourth-order valence-electron chi connectivity index (χ4n) is 2.87. The molecular weight excluding hydrogens is 382 g/mol. The molecule has 8 heteroatoms. The van der Waals surface area contributed by atoms with E-state index in [0.717, 1.165) is 10.6 Å². The molecule has 1 N–H and O–H groups in total. The summed E-state index contributed by atoms with van der Waals surface area (Å²) in [6, 6.07) is 4.11. The number of carbonyl (C=O) groups is 2. The highest BCUT2D eigenvalue weighted by Gasteiger charge is 2.30. The van der Waals surface area contributed by atoms with Crippen LogP contribution in [-0.2, 0) is 9.53 Å². The van der Waals surface area contributed by atoms with Gasteiger partial charge in [0.1, 0.15) is 5.60 Å². The van der Waals surface area contributed by atoms with Crippen molar-refractivity contribution < 1.29 is 14.3 Å². The minimum absolute atomic E-state index is 0.0258. The summed E-state index contributed by atoms with van der Waals surface area (Å²) in [5.74, 6) is -0.137. The van der Waals surface area contributed by atoms with Crippen LogP contribution in [0, 0.1) is 12.8 Å². The van der Waals surface area contributed by atoms with Crippen LogP contribution in [0.4, 0.5) is 9.93 Å². The molecule has 6 nitrogen and oxygen atoms in total. The first kappa shape index (κ1) is 19.8. The number of aromatic nitrogens is 1. The number of hydrogen-bond donors (Lipinski definition) is 1. The Balaban J connectivity index is 1.51. The molecule has 1 aliphatic heterocycles. The first-order chi connectivity index (χ1) is 12.7. The monoisotopic (exact) mass is 407 g/mol. The number of amides is 2. The number of nitrogens with zero attached hydrogens (tertiary/aromatic N) is 2. The third-order valence-electron chi connectivity index (χ3n) is 4.24.